The summed E-state index contributed by atoms with van der Waals surface area (Å²) in [6.07, 6.45) is 2.31. The number of carbonyl (C=O) groups excluding carboxylic acids is 3. The molecular weight excluding hydrogens is 346 g/mol. The highest BCUT2D eigenvalue weighted by atomic mass is 16.5. The van der Waals surface area contributed by atoms with Gasteiger partial charge in [-0.05, 0) is 42.9 Å². The van der Waals surface area contributed by atoms with Gasteiger partial charge in [-0.2, -0.15) is 0 Å². The van der Waals surface area contributed by atoms with E-state index in [0.29, 0.717) is 36.7 Å². The summed E-state index contributed by atoms with van der Waals surface area (Å²) in [7, 11) is 1.57. The van der Waals surface area contributed by atoms with Crippen LogP contribution < -0.4 is 10.1 Å². The Balaban J connectivity index is 1.77. The lowest BCUT2D eigenvalue weighted by Crippen LogP contribution is -2.47. The molecule has 2 saturated heterocycles. The lowest BCUT2D eigenvalue weighted by atomic mass is 9.87. The molecule has 2 fully saturated rings. The van der Waals surface area contributed by atoms with Crippen molar-refractivity contribution in [1.29, 1.82) is 0 Å². The predicted molar refractivity (Wildman–Crippen MR) is 100 cm³/mol. The molecule has 7 nitrogen and oxygen atoms in total. The molecule has 0 radical (unpaired) electrons. The van der Waals surface area contributed by atoms with Crippen LogP contribution in [0, 0.1) is 5.92 Å². The number of piperidine rings is 1. The van der Waals surface area contributed by atoms with Crippen molar-refractivity contribution in [3.63, 3.8) is 0 Å². The molecule has 1 N–H and O–H groups in total. The van der Waals surface area contributed by atoms with E-state index in [-0.39, 0.29) is 18.4 Å². The Kier molecular flexibility index (Phi) is 5.39. The molecule has 146 valence electrons. The molecule has 0 spiro atoms. The first-order valence-corrected chi connectivity index (χ1v) is 9.47. The van der Waals surface area contributed by atoms with Crippen LogP contribution in [0.5, 0.6) is 5.75 Å². The van der Waals surface area contributed by atoms with Crippen molar-refractivity contribution in [1.82, 2.24) is 15.1 Å². The van der Waals surface area contributed by atoms with E-state index in [1.165, 1.54) is 0 Å². The maximum absolute atomic E-state index is 13.1. The first-order valence-electron chi connectivity index (χ1n) is 9.47. The monoisotopic (exact) mass is 373 g/mol. The predicted octanol–water partition coefficient (Wildman–Crippen LogP) is 2.11. The minimum Gasteiger partial charge on any atom is -0.497 e. The normalized spacial score (nSPS) is 23.5. The molecule has 1 unspecified atom stereocenters. The summed E-state index contributed by atoms with van der Waals surface area (Å²) in [6.45, 7) is 5.17. The van der Waals surface area contributed by atoms with Crippen LogP contribution in [0.4, 0.5) is 4.79 Å². The second kappa shape index (κ2) is 7.58. The molecule has 1 aromatic rings. The molecule has 4 amide bonds. The third-order valence-electron chi connectivity index (χ3n) is 5.72. The molecule has 2 heterocycles. The number of imide groups is 1. The van der Waals surface area contributed by atoms with Crippen LogP contribution in [0.1, 0.15) is 38.7 Å². The van der Waals surface area contributed by atoms with Gasteiger partial charge in [-0.1, -0.05) is 26.0 Å². The van der Waals surface area contributed by atoms with Crippen LogP contribution in [0.25, 0.3) is 0 Å². The van der Waals surface area contributed by atoms with Crippen LogP contribution >= 0.6 is 0 Å². The number of amides is 4. The molecule has 0 aliphatic carbocycles. The van der Waals surface area contributed by atoms with Crippen molar-refractivity contribution >= 4 is 17.8 Å². The summed E-state index contributed by atoms with van der Waals surface area (Å²) >= 11 is 0. The van der Waals surface area contributed by atoms with Gasteiger partial charge in [0.2, 0.25) is 5.91 Å². The van der Waals surface area contributed by atoms with E-state index in [4.69, 9.17) is 4.74 Å². The number of hydrogen-bond donors (Lipinski definition) is 1. The number of carbonyl (C=O) groups is 3. The number of rotatable bonds is 5. The fourth-order valence-electron chi connectivity index (χ4n) is 3.78. The summed E-state index contributed by atoms with van der Waals surface area (Å²) in [4.78, 5) is 41.1. The van der Waals surface area contributed by atoms with Gasteiger partial charge in [0.15, 0.2) is 0 Å². The van der Waals surface area contributed by atoms with E-state index in [1.807, 2.05) is 6.92 Å². The molecule has 7 heteroatoms. The fraction of sp³-hybridized carbons (Fsp3) is 0.550. The Labute approximate surface area is 159 Å². The summed E-state index contributed by atoms with van der Waals surface area (Å²) in [6, 6.07) is 6.55. The van der Waals surface area contributed by atoms with Crippen LogP contribution in [-0.2, 0) is 15.1 Å². The smallest absolute Gasteiger partial charge is 0.325 e. The maximum atomic E-state index is 13.1. The van der Waals surface area contributed by atoms with Gasteiger partial charge in [-0.15, -0.1) is 0 Å². The van der Waals surface area contributed by atoms with Crippen molar-refractivity contribution in [2.24, 2.45) is 5.92 Å². The van der Waals surface area contributed by atoms with Gasteiger partial charge in [0.1, 0.15) is 17.8 Å². The topological polar surface area (TPSA) is 79.0 Å². The van der Waals surface area contributed by atoms with E-state index >= 15 is 0 Å². The SMILES string of the molecule is CCC1(c2ccc(OC)cc2)NC(=O)N(CC(=O)N2CCC(C)CC2)C1=O. The Hall–Kier alpha value is -2.57. The quantitative estimate of drug-likeness (QED) is 0.802. The number of benzene rings is 1. The molecule has 1 aromatic carbocycles. The number of ether oxygens (including phenoxy) is 1. The van der Waals surface area contributed by atoms with Crippen molar-refractivity contribution in [2.45, 2.75) is 38.6 Å². The van der Waals surface area contributed by atoms with Crippen molar-refractivity contribution in [3.05, 3.63) is 29.8 Å². The molecule has 3 rings (SSSR count). The number of likely N-dealkylation sites (tertiary alicyclic amines) is 1. The number of hydrogen-bond acceptors (Lipinski definition) is 4. The van der Waals surface area contributed by atoms with E-state index in [1.54, 1.807) is 36.3 Å². The zero-order valence-electron chi connectivity index (χ0n) is 16.2. The van der Waals surface area contributed by atoms with Gasteiger partial charge in [-0.3, -0.25) is 14.5 Å². The second-order valence-corrected chi connectivity index (χ2v) is 7.37. The first-order chi connectivity index (χ1) is 12.9. The van der Waals surface area contributed by atoms with Crippen LogP contribution in [0.3, 0.4) is 0 Å². The van der Waals surface area contributed by atoms with Crippen LogP contribution in [0.2, 0.25) is 0 Å². The fourth-order valence-corrected chi connectivity index (χ4v) is 3.78. The lowest BCUT2D eigenvalue weighted by Gasteiger charge is -2.31. The van der Waals surface area contributed by atoms with Crippen LogP contribution in [-0.4, -0.2) is 54.4 Å². The molecule has 0 aromatic heterocycles. The molecule has 0 bridgehead atoms. The lowest BCUT2D eigenvalue weighted by molar-refractivity contribution is -0.140. The van der Waals surface area contributed by atoms with E-state index < -0.39 is 11.6 Å². The average molecular weight is 373 g/mol. The Morgan fingerprint density at radius 3 is 2.41 bits per heavy atom. The standard InChI is InChI=1S/C20H27N3O4/c1-4-20(15-5-7-16(27-3)8-6-15)18(25)23(19(26)21-20)13-17(24)22-11-9-14(2)10-12-22/h5-8,14H,4,9-13H2,1-3H3,(H,21,26). The van der Waals surface area contributed by atoms with Gasteiger partial charge in [0, 0.05) is 13.1 Å². The van der Waals surface area contributed by atoms with Gasteiger partial charge < -0.3 is 15.0 Å². The van der Waals surface area contributed by atoms with Crippen molar-refractivity contribution in [3.8, 4) is 5.75 Å². The number of nitrogens with one attached hydrogen (secondary N) is 1. The zero-order chi connectivity index (χ0) is 19.6. The summed E-state index contributed by atoms with van der Waals surface area (Å²) in [5.41, 5.74) is -0.453. The molecular formula is C20H27N3O4. The third-order valence-corrected chi connectivity index (χ3v) is 5.72. The molecule has 27 heavy (non-hydrogen) atoms. The van der Waals surface area contributed by atoms with E-state index in [9.17, 15) is 14.4 Å². The third kappa shape index (κ3) is 3.50. The first kappa shape index (κ1) is 19.2. The van der Waals surface area contributed by atoms with Gasteiger partial charge in [-0.25, -0.2) is 4.79 Å². The largest absolute Gasteiger partial charge is 0.497 e. The maximum Gasteiger partial charge on any atom is 0.325 e. The highest BCUT2D eigenvalue weighted by Gasteiger charge is 2.51. The minimum absolute atomic E-state index is 0.174. The molecule has 2 aliphatic heterocycles. The number of methoxy groups -OCH3 is 1. The summed E-state index contributed by atoms with van der Waals surface area (Å²) in [5, 5.41) is 2.81. The Morgan fingerprint density at radius 2 is 1.85 bits per heavy atom. The Morgan fingerprint density at radius 1 is 1.22 bits per heavy atom. The van der Waals surface area contributed by atoms with Crippen LogP contribution in [0.15, 0.2) is 24.3 Å². The number of nitrogens with zero attached hydrogens (tertiary/aromatic N) is 2. The van der Waals surface area contributed by atoms with E-state index in [2.05, 4.69) is 12.2 Å². The van der Waals surface area contributed by atoms with E-state index in [0.717, 1.165) is 17.7 Å². The highest BCUT2D eigenvalue weighted by Crippen LogP contribution is 2.33. The number of urea groups is 1. The highest BCUT2D eigenvalue weighted by molar-refractivity contribution is 6.09. The summed E-state index contributed by atoms with van der Waals surface area (Å²) < 4.78 is 5.16. The molecule has 2 aliphatic rings. The van der Waals surface area contributed by atoms with Gasteiger partial charge >= 0.3 is 6.03 Å². The van der Waals surface area contributed by atoms with Crippen molar-refractivity contribution < 1.29 is 19.1 Å². The zero-order valence-corrected chi connectivity index (χ0v) is 16.2. The Bertz CT molecular complexity index is 725. The second-order valence-electron chi connectivity index (χ2n) is 7.37. The summed E-state index contributed by atoms with van der Waals surface area (Å²) in [5.74, 6) is 0.729. The molecule has 1 atom stereocenters. The van der Waals surface area contributed by atoms with Gasteiger partial charge in [0.05, 0.1) is 7.11 Å². The minimum atomic E-state index is -1.14. The van der Waals surface area contributed by atoms with Crippen molar-refractivity contribution in [2.75, 3.05) is 26.7 Å². The average Bonchev–Trinajstić information content (AvgIpc) is 2.93. The molecule has 0 saturated carbocycles. The van der Waals surface area contributed by atoms with Gasteiger partial charge in [0.25, 0.3) is 5.91 Å².